The SMILES string of the molecule is CC(=O)Oc1ccc2oc(=O)c(-c3ccccc3OC(C)=O)cc2c1. The number of para-hydroxylation sites is 1. The standard InChI is InChI=1S/C19H14O6/c1-11(20)23-14-7-8-17-13(9-14)10-16(19(22)25-17)15-5-3-4-6-18(15)24-12(2)21/h3-10H,1-2H3. The van der Waals surface area contributed by atoms with Gasteiger partial charge in [0.05, 0.1) is 5.56 Å². The Morgan fingerprint density at radius 3 is 2.32 bits per heavy atom. The summed E-state index contributed by atoms with van der Waals surface area (Å²) in [6.07, 6.45) is 0. The van der Waals surface area contributed by atoms with Crippen LogP contribution in [0.4, 0.5) is 0 Å². The third kappa shape index (κ3) is 3.58. The average Bonchev–Trinajstić information content (AvgIpc) is 2.54. The van der Waals surface area contributed by atoms with Crippen LogP contribution in [0.15, 0.2) is 57.7 Å². The van der Waals surface area contributed by atoms with Crippen LogP contribution < -0.4 is 15.1 Å². The van der Waals surface area contributed by atoms with Crippen molar-refractivity contribution in [1.29, 1.82) is 0 Å². The predicted molar refractivity (Wildman–Crippen MR) is 90.5 cm³/mol. The van der Waals surface area contributed by atoms with Crippen LogP contribution in [0.1, 0.15) is 13.8 Å². The lowest BCUT2D eigenvalue weighted by Crippen LogP contribution is -2.07. The Balaban J connectivity index is 2.16. The number of carbonyl (C=O) groups excluding carboxylic acids is 2. The van der Waals surface area contributed by atoms with Crippen molar-refractivity contribution in [2.75, 3.05) is 0 Å². The van der Waals surface area contributed by atoms with Gasteiger partial charge in [-0.3, -0.25) is 9.59 Å². The molecule has 0 N–H and O–H groups in total. The van der Waals surface area contributed by atoms with Crippen molar-refractivity contribution in [3.05, 3.63) is 59.0 Å². The van der Waals surface area contributed by atoms with E-state index in [2.05, 4.69) is 0 Å². The van der Waals surface area contributed by atoms with E-state index in [4.69, 9.17) is 13.9 Å². The molecule has 0 radical (unpaired) electrons. The second-order valence-corrected chi connectivity index (χ2v) is 5.33. The Morgan fingerprint density at radius 1 is 0.880 bits per heavy atom. The van der Waals surface area contributed by atoms with Crippen LogP contribution in [-0.4, -0.2) is 11.9 Å². The van der Waals surface area contributed by atoms with Gasteiger partial charge in [0.25, 0.3) is 0 Å². The minimum Gasteiger partial charge on any atom is -0.427 e. The number of ether oxygens (including phenoxy) is 2. The fourth-order valence-electron chi connectivity index (χ4n) is 2.45. The van der Waals surface area contributed by atoms with Crippen LogP contribution in [-0.2, 0) is 9.59 Å². The van der Waals surface area contributed by atoms with E-state index < -0.39 is 17.6 Å². The van der Waals surface area contributed by atoms with Gasteiger partial charge in [-0.1, -0.05) is 18.2 Å². The molecular weight excluding hydrogens is 324 g/mol. The van der Waals surface area contributed by atoms with Crippen molar-refractivity contribution in [1.82, 2.24) is 0 Å². The fraction of sp³-hybridized carbons (Fsp3) is 0.105. The second kappa shape index (κ2) is 6.60. The number of esters is 2. The van der Waals surface area contributed by atoms with E-state index in [1.165, 1.54) is 13.8 Å². The van der Waals surface area contributed by atoms with Gasteiger partial charge < -0.3 is 13.9 Å². The van der Waals surface area contributed by atoms with E-state index >= 15 is 0 Å². The minimum atomic E-state index is -0.563. The summed E-state index contributed by atoms with van der Waals surface area (Å²) in [5.41, 5.74) is 0.470. The molecule has 0 aliphatic carbocycles. The van der Waals surface area contributed by atoms with Crippen LogP contribution in [0.3, 0.4) is 0 Å². The average molecular weight is 338 g/mol. The van der Waals surface area contributed by atoms with Crippen LogP contribution in [0, 0.1) is 0 Å². The lowest BCUT2D eigenvalue weighted by Gasteiger charge is -2.09. The fourth-order valence-corrected chi connectivity index (χ4v) is 2.45. The molecule has 1 heterocycles. The van der Waals surface area contributed by atoms with Crippen LogP contribution in [0.2, 0.25) is 0 Å². The summed E-state index contributed by atoms with van der Waals surface area (Å²) in [4.78, 5) is 34.7. The Labute approximate surface area is 142 Å². The zero-order valence-electron chi connectivity index (χ0n) is 13.6. The van der Waals surface area contributed by atoms with Crippen molar-refractivity contribution in [2.24, 2.45) is 0 Å². The molecule has 0 atom stereocenters. The molecule has 0 amide bonds. The number of carbonyl (C=O) groups is 2. The van der Waals surface area contributed by atoms with E-state index in [1.54, 1.807) is 48.5 Å². The van der Waals surface area contributed by atoms with E-state index in [0.717, 1.165) is 0 Å². The highest BCUT2D eigenvalue weighted by Gasteiger charge is 2.14. The molecule has 1 aromatic heterocycles. The molecule has 3 aromatic rings. The van der Waals surface area contributed by atoms with Gasteiger partial charge in [-0.15, -0.1) is 0 Å². The Bertz CT molecular complexity index is 1030. The van der Waals surface area contributed by atoms with E-state index in [0.29, 0.717) is 22.3 Å². The monoisotopic (exact) mass is 338 g/mol. The van der Waals surface area contributed by atoms with Gasteiger partial charge in [0.1, 0.15) is 17.1 Å². The number of hydrogen-bond acceptors (Lipinski definition) is 6. The summed E-state index contributed by atoms with van der Waals surface area (Å²) >= 11 is 0. The zero-order valence-corrected chi connectivity index (χ0v) is 13.6. The number of fused-ring (bicyclic) bond motifs is 1. The predicted octanol–water partition coefficient (Wildman–Crippen LogP) is 3.31. The maximum atomic E-state index is 12.3. The Morgan fingerprint density at radius 2 is 1.60 bits per heavy atom. The molecule has 6 heteroatoms. The first-order valence-electron chi connectivity index (χ1n) is 7.48. The molecule has 0 fully saturated rings. The minimum absolute atomic E-state index is 0.240. The smallest absolute Gasteiger partial charge is 0.344 e. The van der Waals surface area contributed by atoms with Gasteiger partial charge in [-0.25, -0.2) is 4.79 Å². The molecule has 0 saturated carbocycles. The van der Waals surface area contributed by atoms with Crippen LogP contribution in [0.5, 0.6) is 11.5 Å². The van der Waals surface area contributed by atoms with Crippen LogP contribution in [0.25, 0.3) is 22.1 Å². The van der Waals surface area contributed by atoms with Gasteiger partial charge in [0, 0.05) is 24.8 Å². The van der Waals surface area contributed by atoms with Gasteiger partial charge in [-0.2, -0.15) is 0 Å². The highest BCUT2D eigenvalue weighted by Crippen LogP contribution is 2.30. The van der Waals surface area contributed by atoms with Crippen molar-refractivity contribution in [3.8, 4) is 22.6 Å². The van der Waals surface area contributed by atoms with Crippen molar-refractivity contribution >= 4 is 22.9 Å². The van der Waals surface area contributed by atoms with Gasteiger partial charge in [0.15, 0.2) is 0 Å². The zero-order chi connectivity index (χ0) is 18.0. The number of benzene rings is 2. The highest BCUT2D eigenvalue weighted by atomic mass is 16.5. The van der Waals surface area contributed by atoms with E-state index in [9.17, 15) is 14.4 Å². The molecule has 6 nitrogen and oxygen atoms in total. The Hall–Kier alpha value is -3.41. The first-order valence-corrected chi connectivity index (χ1v) is 7.48. The second-order valence-electron chi connectivity index (χ2n) is 5.33. The summed E-state index contributed by atoms with van der Waals surface area (Å²) in [6.45, 7) is 2.58. The third-order valence-corrected chi connectivity index (χ3v) is 3.40. The maximum Gasteiger partial charge on any atom is 0.344 e. The topological polar surface area (TPSA) is 82.8 Å². The molecule has 0 spiro atoms. The van der Waals surface area contributed by atoms with Crippen molar-refractivity contribution in [2.45, 2.75) is 13.8 Å². The van der Waals surface area contributed by atoms with Crippen LogP contribution >= 0.6 is 0 Å². The maximum absolute atomic E-state index is 12.3. The summed E-state index contributed by atoms with van der Waals surface area (Å²) in [5, 5.41) is 0.575. The third-order valence-electron chi connectivity index (χ3n) is 3.40. The molecule has 126 valence electrons. The summed E-state index contributed by atoms with van der Waals surface area (Å²) < 4.78 is 15.5. The molecular formula is C19H14O6. The highest BCUT2D eigenvalue weighted by molar-refractivity contribution is 5.85. The summed E-state index contributed by atoms with van der Waals surface area (Å²) in [6, 6.07) is 13.0. The number of hydrogen-bond donors (Lipinski definition) is 0. The van der Waals surface area contributed by atoms with Gasteiger partial charge in [-0.05, 0) is 30.3 Å². The molecule has 0 unspecified atom stereocenters. The summed E-state index contributed by atoms with van der Waals surface area (Å²) in [5.74, 6) is -0.335. The quantitative estimate of drug-likeness (QED) is 0.414. The first-order chi connectivity index (χ1) is 11.9. The van der Waals surface area contributed by atoms with E-state index in [1.807, 2.05) is 0 Å². The molecule has 0 saturated heterocycles. The van der Waals surface area contributed by atoms with Gasteiger partial charge in [0.2, 0.25) is 0 Å². The largest absolute Gasteiger partial charge is 0.427 e. The molecule has 0 aliphatic heterocycles. The lowest BCUT2D eigenvalue weighted by atomic mass is 10.0. The Kier molecular flexibility index (Phi) is 4.35. The van der Waals surface area contributed by atoms with Gasteiger partial charge >= 0.3 is 17.6 Å². The van der Waals surface area contributed by atoms with Crippen molar-refractivity contribution < 1.29 is 23.5 Å². The normalized spacial score (nSPS) is 10.5. The molecule has 3 rings (SSSR count). The molecule has 0 bridgehead atoms. The van der Waals surface area contributed by atoms with E-state index in [-0.39, 0.29) is 11.3 Å². The molecule has 0 aliphatic rings. The van der Waals surface area contributed by atoms with Crippen molar-refractivity contribution in [3.63, 3.8) is 0 Å². The summed E-state index contributed by atoms with van der Waals surface area (Å²) in [7, 11) is 0. The lowest BCUT2D eigenvalue weighted by molar-refractivity contribution is -0.132. The number of rotatable bonds is 3. The first kappa shape index (κ1) is 16.4. The molecule has 2 aromatic carbocycles. The molecule has 25 heavy (non-hydrogen) atoms.